The summed E-state index contributed by atoms with van der Waals surface area (Å²) < 4.78 is 5.26. The van der Waals surface area contributed by atoms with Gasteiger partial charge >= 0.3 is 0 Å². The number of nitrogens with zero attached hydrogens (tertiary/aromatic N) is 1. The molecule has 0 N–H and O–H groups in total. The van der Waals surface area contributed by atoms with Crippen LogP contribution in [-0.2, 0) is 5.88 Å². The summed E-state index contributed by atoms with van der Waals surface area (Å²) in [5.74, 6) is 0.938. The quantitative estimate of drug-likeness (QED) is 0.543. The highest BCUT2D eigenvalue weighted by molar-refractivity contribution is 7.99. The van der Waals surface area contributed by atoms with Gasteiger partial charge in [0.15, 0.2) is 5.09 Å². The van der Waals surface area contributed by atoms with Crippen molar-refractivity contribution in [2.24, 2.45) is 0 Å². The van der Waals surface area contributed by atoms with E-state index in [1.54, 1.807) is 18.0 Å². The van der Waals surface area contributed by atoms with Gasteiger partial charge in [-0.1, -0.05) is 25.6 Å². The standard InChI is InChI=1S/C7H10ClNOS/c1-5(2)11-7-4-9-6(3-8)10-7/h4-5H,3H2,1-2H3. The molecule has 0 fully saturated rings. The minimum absolute atomic E-state index is 0.346. The molecule has 0 radical (unpaired) electrons. The molecule has 1 rings (SSSR count). The van der Waals surface area contributed by atoms with Crippen molar-refractivity contribution in [1.82, 2.24) is 4.98 Å². The number of halogens is 1. The fraction of sp³-hybridized carbons (Fsp3) is 0.571. The van der Waals surface area contributed by atoms with Crippen LogP contribution in [0.4, 0.5) is 0 Å². The highest BCUT2D eigenvalue weighted by Gasteiger charge is 2.04. The summed E-state index contributed by atoms with van der Waals surface area (Å²) in [4.78, 5) is 3.97. The van der Waals surface area contributed by atoms with Gasteiger partial charge < -0.3 is 4.42 Å². The normalized spacial score (nSPS) is 10.9. The number of rotatable bonds is 3. The van der Waals surface area contributed by atoms with Gasteiger partial charge in [0.1, 0.15) is 0 Å². The van der Waals surface area contributed by atoms with E-state index in [4.69, 9.17) is 16.0 Å². The highest BCUT2D eigenvalue weighted by Crippen LogP contribution is 2.23. The van der Waals surface area contributed by atoms with Crippen LogP contribution in [0.25, 0.3) is 0 Å². The van der Waals surface area contributed by atoms with Crippen molar-refractivity contribution >= 4 is 23.4 Å². The van der Waals surface area contributed by atoms with Gasteiger partial charge in [-0.25, -0.2) is 4.98 Å². The van der Waals surface area contributed by atoms with Crippen LogP contribution < -0.4 is 0 Å². The summed E-state index contributed by atoms with van der Waals surface area (Å²) in [6.07, 6.45) is 1.71. The zero-order chi connectivity index (χ0) is 8.27. The molecule has 0 saturated carbocycles. The molecule has 1 aromatic heterocycles. The fourth-order valence-corrected chi connectivity index (χ4v) is 1.49. The monoisotopic (exact) mass is 191 g/mol. The lowest BCUT2D eigenvalue weighted by Crippen LogP contribution is -1.82. The van der Waals surface area contributed by atoms with Gasteiger partial charge in [0.2, 0.25) is 5.89 Å². The maximum absolute atomic E-state index is 5.51. The van der Waals surface area contributed by atoms with Gasteiger partial charge in [-0.3, -0.25) is 0 Å². The van der Waals surface area contributed by atoms with Crippen molar-refractivity contribution in [3.05, 3.63) is 12.1 Å². The lowest BCUT2D eigenvalue weighted by atomic mass is 10.6. The highest BCUT2D eigenvalue weighted by atomic mass is 35.5. The van der Waals surface area contributed by atoms with Gasteiger partial charge in [-0.05, 0) is 0 Å². The molecule has 0 spiro atoms. The second-order valence-corrected chi connectivity index (χ2v) is 4.22. The van der Waals surface area contributed by atoms with Crippen LogP contribution in [0.5, 0.6) is 0 Å². The molecule has 1 heterocycles. The van der Waals surface area contributed by atoms with Gasteiger partial charge in [0, 0.05) is 5.25 Å². The lowest BCUT2D eigenvalue weighted by molar-refractivity contribution is 0.437. The average molecular weight is 192 g/mol. The Kier molecular flexibility index (Phi) is 3.27. The van der Waals surface area contributed by atoms with Crippen LogP contribution in [0.2, 0.25) is 0 Å². The van der Waals surface area contributed by atoms with E-state index in [0.29, 0.717) is 17.0 Å². The number of hydrogen-bond acceptors (Lipinski definition) is 3. The van der Waals surface area contributed by atoms with Gasteiger partial charge in [0.25, 0.3) is 0 Å². The van der Waals surface area contributed by atoms with Crippen LogP contribution >= 0.6 is 23.4 Å². The van der Waals surface area contributed by atoms with Crippen molar-refractivity contribution in [2.75, 3.05) is 0 Å². The fourth-order valence-electron chi connectivity index (χ4n) is 0.642. The van der Waals surface area contributed by atoms with Crippen molar-refractivity contribution < 1.29 is 4.42 Å². The largest absolute Gasteiger partial charge is 0.433 e. The predicted molar refractivity (Wildman–Crippen MR) is 47.1 cm³/mol. The molecule has 62 valence electrons. The maximum Gasteiger partial charge on any atom is 0.210 e. The zero-order valence-electron chi connectivity index (χ0n) is 6.50. The average Bonchev–Trinajstić information content (AvgIpc) is 2.34. The molecule has 0 aliphatic carbocycles. The summed E-state index contributed by atoms with van der Waals surface area (Å²) in [6, 6.07) is 0. The number of thioether (sulfide) groups is 1. The Bertz CT molecular complexity index is 224. The van der Waals surface area contributed by atoms with E-state index in [0.717, 1.165) is 5.09 Å². The Labute approximate surface area is 75.3 Å². The molecule has 0 atom stereocenters. The third-order valence-electron chi connectivity index (χ3n) is 0.999. The molecule has 0 aliphatic heterocycles. The van der Waals surface area contributed by atoms with E-state index in [1.807, 2.05) is 0 Å². The smallest absolute Gasteiger partial charge is 0.210 e. The Morgan fingerprint density at radius 1 is 1.73 bits per heavy atom. The Morgan fingerprint density at radius 3 is 2.91 bits per heavy atom. The topological polar surface area (TPSA) is 26.0 Å². The number of hydrogen-bond donors (Lipinski definition) is 0. The molecule has 0 aromatic carbocycles. The van der Waals surface area contributed by atoms with Crippen LogP contribution in [0.1, 0.15) is 19.7 Å². The van der Waals surface area contributed by atoms with Crippen molar-refractivity contribution in [2.45, 2.75) is 30.1 Å². The number of alkyl halides is 1. The molecule has 0 saturated heterocycles. The minimum Gasteiger partial charge on any atom is -0.433 e. The first-order valence-corrected chi connectivity index (χ1v) is 4.81. The summed E-state index contributed by atoms with van der Waals surface area (Å²) in [6.45, 7) is 4.21. The molecule has 0 bridgehead atoms. The van der Waals surface area contributed by atoms with Gasteiger partial charge in [-0.2, -0.15) is 0 Å². The SMILES string of the molecule is CC(C)Sc1cnc(CCl)o1. The lowest BCUT2D eigenvalue weighted by Gasteiger charge is -1.97. The summed E-state index contributed by atoms with van der Waals surface area (Å²) >= 11 is 7.16. The molecule has 11 heavy (non-hydrogen) atoms. The first-order valence-electron chi connectivity index (χ1n) is 3.39. The molecule has 4 heteroatoms. The second kappa shape index (κ2) is 4.02. The molecular weight excluding hydrogens is 182 g/mol. The molecule has 0 amide bonds. The third-order valence-corrected chi connectivity index (χ3v) is 2.12. The van der Waals surface area contributed by atoms with E-state index < -0.39 is 0 Å². The van der Waals surface area contributed by atoms with E-state index in [2.05, 4.69) is 18.8 Å². The van der Waals surface area contributed by atoms with Crippen molar-refractivity contribution in [1.29, 1.82) is 0 Å². The van der Waals surface area contributed by atoms with Crippen LogP contribution in [0.3, 0.4) is 0 Å². The van der Waals surface area contributed by atoms with Crippen molar-refractivity contribution in [3.8, 4) is 0 Å². The Balaban J connectivity index is 2.58. The summed E-state index contributed by atoms with van der Waals surface area (Å²) in [5.41, 5.74) is 0. The van der Waals surface area contributed by atoms with E-state index in [1.165, 1.54) is 0 Å². The Morgan fingerprint density at radius 2 is 2.45 bits per heavy atom. The number of oxazole rings is 1. The third kappa shape index (κ3) is 2.75. The molecule has 1 aromatic rings. The van der Waals surface area contributed by atoms with E-state index in [-0.39, 0.29) is 0 Å². The summed E-state index contributed by atoms with van der Waals surface area (Å²) in [5, 5.41) is 1.36. The van der Waals surface area contributed by atoms with Crippen LogP contribution in [0, 0.1) is 0 Å². The maximum atomic E-state index is 5.51. The van der Waals surface area contributed by atoms with Gasteiger partial charge in [-0.15, -0.1) is 11.6 Å². The van der Waals surface area contributed by atoms with Crippen LogP contribution in [0.15, 0.2) is 15.7 Å². The molecule has 0 unspecified atom stereocenters. The first-order chi connectivity index (χ1) is 5.22. The first kappa shape index (κ1) is 8.94. The Hall–Kier alpha value is -0.150. The second-order valence-electron chi connectivity index (χ2n) is 2.37. The molecular formula is C7H10ClNOS. The van der Waals surface area contributed by atoms with Crippen molar-refractivity contribution in [3.63, 3.8) is 0 Å². The number of aromatic nitrogens is 1. The van der Waals surface area contributed by atoms with Gasteiger partial charge in [0.05, 0.1) is 12.1 Å². The predicted octanol–water partition coefficient (Wildman–Crippen LogP) is 2.91. The minimum atomic E-state index is 0.346. The molecule has 2 nitrogen and oxygen atoms in total. The molecule has 0 aliphatic rings. The van der Waals surface area contributed by atoms with E-state index in [9.17, 15) is 0 Å². The van der Waals surface area contributed by atoms with Crippen LogP contribution in [-0.4, -0.2) is 10.2 Å². The zero-order valence-corrected chi connectivity index (χ0v) is 8.08. The summed E-state index contributed by atoms with van der Waals surface area (Å²) in [7, 11) is 0. The van der Waals surface area contributed by atoms with E-state index >= 15 is 0 Å².